The van der Waals surface area contributed by atoms with E-state index in [1.54, 1.807) is 31.7 Å². The average Bonchev–Trinajstić information content (AvgIpc) is 3.21. The van der Waals surface area contributed by atoms with Crippen molar-refractivity contribution in [2.75, 3.05) is 18.6 Å². The third-order valence-corrected chi connectivity index (χ3v) is 7.60. The Bertz CT molecular complexity index is 877. The number of amides is 2. The molecule has 1 fully saturated rings. The second kappa shape index (κ2) is 8.78. The van der Waals surface area contributed by atoms with Gasteiger partial charge in [0, 0.05) is 19.5 Å². The van der Waals surface area contributed by atoms with Crippen molar-refractivity contribution in [3.8, 4) is 0 Å². The quantitative estimate of drug-likeness (QED) is 0.757. The first-order valence-electron chi connectivity index (χ1n) is 10.3. The van der Waals surface area contributed by atoms with Crippen LogP contribution in [0.5, 0.6) is 0 Å². The molecule has 7 nitrogen and oxygen atoms in total. The molecule has 1 saturated carbocycles. The Labute approximate surface area is 185 Å². The Morgan fingerprint density at radius 1 is 1.40 bits per heavy atom. The van der Waals surface area contributed by atoms with Gasteiger partial charge < -0.3 is 15.4 Å². The second-order valence-corrected chi connectivity index (χ2v) is 9.82. The van der Waals surface area contributed by atoms with Gasteiger partial charge in [-0.25, -0.2) is 9.88 Å². The second-order valence-electron chi connectivity index (χ2n) is 8.34. The Morgan fingerprint density at radius 3 is 2.83 bits per heavy atom. The summed E-state index contributed by atoms with van der Waals surface area (Å²) >= 11 is 7.55. The van der Waals surface area contributed by atoms with Crippen molar-refractivity contribution in [1.82, 2.24) is 9.88 Å². The van der Waals surface area contributed by atoms with E-state index in [4.69, 9.17) is 22.1 Å². The summed E-state index contributed by atoms with van der Waals surface area (Å²) in [5, 5.41) is 0.880. The lowest BCUT2D eigenvalue weighted by molar-refractivity contribution is -0.130. The molecule has 0 spiro atoms. The Hall–Kier alpha value is -1.74. The van der Waals surface area contributed by atoms with Crippen LogP contribution in [-0.2, 0) is 14.3 Å². The fourth-order valence-corrected chi connectivity index (χ4v) is 5.68. The summed E-state index contributed by atoms with van der Waals surface area (Å²) in [4.78, 5) is 35.4. The number of allylic oxidation sites excluding steroid dienone is 2. The number of imide groups is 1. The first-order valence-corrected chi connectivity index (χ1v) is 11.5. The van der Waals surface area contributed by atoms with E-state index in [-0.39, 0.29) is 23.8 Å². The normalized spacial score (nSPS) is 29.7. The van der Waals surface area contributed by atoms with Gasteiger partial charge in [0.2, 0.25) is 0 Å². The van der Waals surface area contributed by atoms with Crippen LogP contribution in [0.2, 0.25) is 0 Å². The van der Waals surface area contributed by atoms with E-state index in [1.807, 2.05) is 4.90 Å². The topological polar surface area (TPSA) is 88.8 Å². The predicted octanol–water partition coefficient (Wildman–Crippen LogP) is 3.18. The fraction of sp³-hybridized carbons (Fsp3) is 0.571. The number of rotatable bonds is 4. The van der Waals surface area contributed by atoms with E-state index in [1.165, 1.54) is 16.2 Å². The number of nitrogens with two attached hydrogens (primary N) is 1. The van der Waals surface area contributed by atoms with Crippen molar-refractivity contribution in [2.45, 2.75) is 50.7 Å². The number of aromatic nitrogens is 1. The molecule has 2 bridgehead atoms. The smallest absolute Gasteiger partial charge is 0.262 e. The van der Waals surface area contributed by atoms with Crippen LogP contribution in [0.3, 0.4) is 0 Å². The highest BCUT2D eigenvalue weighted by Gasteiger charge is 2.43. The molecular weight excluding hydrogens is 424 g/mol. The molecule has 162 valence electrons. The van der Waals surface area contributed by atoms with E-state index < -0.39 is 12.1 Å². The Balaban J connectivity index is 1.68. The van der Waals surface area contributed by atoms with Crippen LogP contribution in [0.1, 0.15) is 43.5 Å². The van der Waals surface area contributed by atoms with Crippen LogP contribution in [0.4, 0.5) is 5.13 Å². The molecule has 1 aromatic heterocycles. The molecular formula is C21H27ClN4O3S. The third-order valence-electron chi connectivity index (χ3n) is 6.29. The number of anilines is 1. The Kier molecular flexibility index (Phi) is 6.29. The van der Waals surface area contributed by atoms with Crippen LogP contribution >= 0.6 is 22.9 Å². The number of thiazole rings is 1. The van der Waals surface area contributed by atoms with E-state index >= 15 is 0 Å². The minimum absolute atomic E-state index is 0.0833. The maximum atomic E-state index is 13.6. The SMILES string of the molecule is COC[C@@H]1c2cnc(s2)N(C(=O)C(N)C2CCC(C)CC2)C(=O)[C@H]2C=CC(Cl)=CN21. The molecule has 4 rings (SSSR count). The lowest BCUT2D eigenvalue weighted by atomic mass is 9.79. The van der Waals surface area contributed by atoms with Gasteiger partial charge >= 0.3 is 0 Å². The lowest BCUT2D eigenvalue weighted by Gasteiger charge is -2.39. The van der Waals surface area contributed by atoms with Crippen molar-refractivity contribution in [1.29, 1.82) is 0 Å². The molecule has 30 heavy (non-hydrogen) atoms. The number of carbonyl (C=O) groups excluding carboxylic acids is 2. The Morgan fingerprint density at radius 2 is 2.13 bits per heavy atom. The zero-order valence-corrected chi connectivity index (χ0v) is 18.7. The molecule has 0 saturated heterocycles. The fourth-order valence-electron chi connectivity index (χ4n) is 4.47. The van der Waals surface area contributed by atoms with Gasteiger partial charge in [-0.2, -0.15) is 0 Å². The van der Waals surface area contributed by atoms with Gasteiger partial charge in [-0.3, -0.25) is 9.59 Å². The number of methoxy groups -OCH3 is 1. The summed E-state index contributed by atoms with van der Waals surface area (Å²) in [7, 11) is 1.61. The van der Waals surface area contributed by atoms with Crippen molar-refractivity contribution < 1.29 is 14.3 Å². The van der Waals surface area contributed by atoms with Crippen molar-refractivity contribution in [2.24, 2.45) is 17.6 Å². The molecule has 2 amide bonds. The van der Waals surface area contributed by atoms with Crippen LogP contribution in [0, 0.1) is 11.8 Å². The summed E-state index contributed by atoms with van der Waals surface area (Å²) in [6.45, 7) is 2.59. The van der Waals surface area contributed by atoms with Crippen LogP contribution < -0.4 is 10.6 Å². The zero-order chi connectivity index (χ0) is 21.4. The number of nitrogens with zero attached hydrogens (tertiary/aromatic N) is 3. The summed E-state index contributed by atoms with van der Waals surface area (Å²) < 4.78 is 5.39. The molecule has 3 aliphatic rings. The van der Waals surface area contributed by atoms with E-state index in [0.29, 0.717) is 22.7 Å². The molecule has 1 aliphatic carbocycles. The van der Waals surface area contributed by atoms with Gasteiger partial charge in [0.15, 0.2) is 5.13 Å². The largest absolute Gasteiger partial charge is 0.382 e. The number of carbonyl (C=O) groups is 2. The summed E-state index contributed by atoms with van der Waals surface area (Å²) in [6.07, 6.45) is 10.8. The molecule has 3 atom stereocenters. The number of halogens is 1. The first kappa shape index (κ1) is 21.5. The van der Waals surface area contributed by atoms with Gasteiger partial charge in [-0.1, -0.05) is 48.8 Å². The number of hydrogen-bond acceptors (Lipinski definition) is 7. The van der Waals surface area contributed by atoms with Crippen LogP contribution in [0.15, 0.2) is 29.6 Å². The highest BCUT2D eigenvalue weighted by molar-refractivity contribution is 7.16. The van der Waals surface area contributed by atoms with E-state index in [2.05, 4.69) is 11.9 Å². The highest BCUT2D eigenvalue weighted by Crippen LogP contribution is 2.39. The monoisotopic (exact) mass is 450 g/mol. The summed E-state index contributed by atoms with van der Waals surface area (Å²) in [6, 6.07) is -1.62. The van der Waals surface area contributed by atoms with Gasteiger partial charge in [0.25, 0.3) is 11.8 Å². The molecule has 1 unspecified atom stereocenters. The minimum Gasteiger partial charge on any atom is -0.382 e. The maximum Gasteiger partial charge on any atom is 0.262 e. The van der Waals surface area contributed by atoms with Gasteiger partial charge in [-0.05, 0) is 30.8 Å². The number of hydrogen-bond donors (Lipinski definition) is 1. The summed E-state index contributed by atoms with van der Waals surface area (Å²) in [5.41, 5.74) is 6.41. The molecule has 2 N–H and O–H groups in total. The first-order chi connectivity index (χ1) is 14.4. The van der Waals surface area contributed by atoms with E-state index in [9.17, 15) is 9.59 Å². The average molecular weight is 451 g/mol. The van der Waals surface area contributed by atoms with Gasteiger partial charge in [0.1, 0.15) is 6.04 Å². The lowest BCUT2D eigenvalue weighted by Crippen LogP contribution is -2.56. The molecule has 0 radical (unpaired) electrons. The van der Waals surface area contributed by atoms with Crippen molar-refractivity contribution in [3.05, 3.63) is 34.5 Å². The number of fused-ring (bicyclic) bond motifs is 3. The van der Waals surface area contributed by atoms with E-state index in [0.717, 1.165) is 30.6 Å². The molecule has 0 aromatic carbocycles. The highest BCUT2D eigenvalue weighted by atomic mass is 35.5. The maximum absolute atomic E-state index is 13.6. The van der Waals surface area contributed by atoms with Gasteiger partial charge in [-0.15, -0.1) is 0 Å². The molecule has 1 aromatic rings. The predicted molar refractivity (Wildman–Crippen MR) is 117 cm³/mol. The molecule has 9 heteroatoms. The minimum atomic E-state index is -0.719. The van der Waals surface area contributed by atoms with Crippen molar-refractivity contribution in [3.63, 3.8) is 0 Å². The molecule has 3 heterocycles. The van der Waals surface area contributed by atoms with Gasteiger partial charge in [0.05, 0.1) is 28.6 Å². The number of ether oxygens (including phenoxy) is 1. The van der Waals surface area contributed by atoms with Crippen LogP contribution in [0.25, 0.3) is 0 Å². The zero-order valence-electron chi connectivity index (χ0n) is 17.2. The molecule has 2 aliphatic heterocycles. The third kappa shape index (κ3) is 3.93. The standard InChI is InChI=1S/C21H27ClN4O3S/c1-12-3-5-13(6-4-12)18(23)20(28)26-19(27)15-8-7-14(22)10-25(15)16(11-29-2)17-9-24-21(26)30-17/h7-10,12-13,15-16,18H,3-6,11,23H2,1-2H3/t12?,13?,15-,16-,18?/m1/s1. The summed E-state index contributed by atoms with van der Waals surface area (Å²) in [5.74, 6) is 0.00110. The van der Waals surface area contributed by atoms with Crippen molar-refractivity contribution >= 4 is 39.9 Å². The van der Waals surface area contributed by atoms with Crippen LogP contribution in [-0.4, -0.2) is 47.5 Å².